The molecule has 0 amide bonds. The SMILES string of the molecule is CCC(CC)O[SiH2]C(I)CC. The molecule has 1 unspecified atom stereocenters. The van der Waals surface area contributed by atoms with Crippen LogP contribution in [0.15, 0.2) is 0 Å². The van der Waals surface area contributed by atoms with Crippen LogP contribution in [0, 0.1) is 0 Å². The fourth-order valence-electron chi connectivity index (χ4n) is 0.883. The van der Waals surface area contributed by atoms with E-state index in [0.29, 0.717) is 6.10 Å². The van der Waals surface area contributed by atoms with Crippen molar-refractivity contribution < 1.29 is 4.43 Å². The minimum Gasteiger partial charge on any atom is -0.420 e. The zero-order chi connectivity index (χ0) is 8.69. The van der Waals surface area contributed by atoms with E-state index in [1.165, 1.54) is 19.3 Å². The van der Waals surface area contributed by atoms with E-state index >= 15 is 0 Å². The lowest BCUT2D eigenvalue weighted by Crippen LogP contribution is -2.19. The van der Waals surface area contributed by atoms with Gasteiger partial charge in [0.15, 0.2) is 9.76 Å². The van der Waals surface area contributed by atoms with Gasteiger partial charge in [0.2, 0.25) is 0 Å². The van der Waals surface area contributed by atoms with Gasteiger partial charge < -0.3 is 4.43 Å². The number of halogens is 1. The van der Waals surface area contributed by atoms with Crippen molar-refractivity contribution >= 4 is 32.4 Å². The average Bonchev–Trinajstić information content (AvgIpc) is 2.06. The maximum Gasteiger partial charge on any atom is 0.174 e. The van der Waals surface area contributed by atoms with Crippen LogP contribution in [-0.2, 0) is 4.43 Å². The van der Waals surface area contributed by atoms with Crippen LogP contribution >= 0.6 is 22.6 Å². The molecule has 0 heterocycles. The molecule has 0 radical (unpaired) electrons. The van der Waals surface area contributed by atoms with Crippen molar-refractivity contribution in [2.75, 3.05) is 0 Å². The Labute approximate surface area is 86.4 Å². The molecule has 0 rings (SSSR count). The van der Waals surface area contributed by atoms with E-state index in [9.17, 15) is 0 Å². The van der Waals surface area contributed by atoms with Gasteiger partial charge in [-0.2, -0.15) is 0 Å². The molecule has 0 aromatic rings. The Morgan fingerprint density at radius 2 is 1.73 bits per heavy atom. The molecule has 68 valence electrons. The van der Waals surface area contributed by atoms with Gasteiger partial charge in [-0.1, -0.05) is 43.4 Å². The lowest BCUT2D eigenvalue weighted by atomic mass is 10.2. The van der Waals surface area contributed by atoms with E-state index in [1.807, 2.05) is 0 Å². The second-order valence-electron chi connectivity index (χ2n) is 2.78. The summed E-state index contributed by atoms with van der Waals surface area (Å²) >= 11 is 2.51. The Hall–Kier alpha value is 0.907. The first-order valence-electron chi connectivity index (χ1n) is 4.50. The largest absolute Gasteiger partial charge is 0.420 e. The summed E-state index contributed by atoms with van der Waals surface area (Å²) in [6.07, 6.45) is 4.17. The number of rotatable bonds is 6. The van der Waals surface area contributed by atoms with Crippen LogP contribution in [0.5, 0.6) is 0 Å². The molecule has 0 saturated heterocycles. The van der Waals surface area contributed by atoms with Gasteiger partial charge in [0.05, 0.1) is 0 Å². The highest BCUT2D eigenvalue weighted by Crippen LogP contribution is 2.07. The maximum atomic E-state index is 5.82. The maximum absolute atomic E-state index is 5.82. The fraction of sp³-hybridized carbons (Fsp3) is 1.00. The molecule has 0 aliphatic rings. The third kappa shape index (κ3) is 6.10. The van der Waals surface area contributed by atoms with Gasteiger partial charge in [0, 0.05) is 9.65 Å². The molecule has 0 saturated carbocycles. The molecule has 0 fully saturated rings. The van der Waals surface area contributed by atoms with Crippen molar-refractivity contribution in [3.63, 3.8) is 0 Å². The monoisotopic (exact) mass is 286 g/mol. The van der Waals surface area contributed by atoms with Gasteiger partial charge in [-0.25, -0.2) is 0 Å². The van der Waals surface area contributed by atoms with Crippen molar-refractivity contribution in [2.45, 2.75) is 49.7 Å². The minimum atomic E-state index is -0.247. The lowest BCUT2D eigenvalue weighted by molar-refractivity contribution is 0.202. The Morgan fingerprint density at radius 1 is 1.18 bits per heavy atom. The molecule has 0 aliphatic heterocycles. The predicted molar refractivity (Wildman–Crippen MR) is 62.1 cm³/mol. The first-order chi connectivity index (χ1) is 5.24. The lowest BCUT2D eigenvalue weighted by Gasteiger charge is -2.15. The normalized spacial score (nSPS) is 15.0. The van der Waals surface area contributed by atoms with E-state index in [2.05, 4.69) is 43.4 Å². The van der Waals surface area contributed by atoms with Crippen LogP contribution in [0.2, 0.25) is 0 Å². The number of hydrogen-bond acceptors (Lipinski definition) is 1. The summed E-state index contributed by atoms with van der Waals surface area (Å²) in [5, 5.41) is 0. The van der Waals surface area contributed by atoms with E-state index in [-0.39, 0.29) is 9.76 Å². The number of alkyl halides is 1. The second kappa shape index (κ2) is 7.55. The van der Waals surface area contributed by atoms with Crippen LogP contribution in [0.25, 0.3) is 0 Å². The zero-order valence-electron chi connectivity index (χ0n) is 7.77. The molecule has 3 heteroatoms. The van der Waals surface area contributed by atoms with E-state index in [0.717, 1.165) is 3.55 Å². The predicted octanol–water partition coefficient (Wildman–Crippen LogP) is 2.45. The Bertz CT molecular complexity index is 86.2. The van der Waals surface area contributed by atoms with Crippen molar-refractivity contribution in [3.05, 3.63) is 0 Å². The highest BCUT2D eigenvalue weighted by Gasteiger charge is 2.06. The van der Waals surface area contributed by atoms with Crippen molar-refractivity contribution in [1.29, 1.82) is 0 Å². The van der Waals surface area contributed by atoms with Gasteiger partial charge >= 0.3 is 0 Å². The first-order valence-corrected chi connectivity index (χ1v) is 7.14. The Balaban J connectivity index is 3.34. The summed E-state index contributed by atoms with van der Waals surface area (Å²) in [6, 6.07) is 0. The summed E-state index contributed by atoms with van der Waals surface area (Å²) < 4.78 is 6.65. The molecule has 0 N–H and O–H groups in total. The summed E-state index contributed by atoms with van der Waals surface area (Å²) in [5.74, 6) is 0. The topological polar surface area (TPSA) is 9.23 Å². The first kappa shape index (κ1) is 11.9. The van der Waals surface area contributed by atoms with Crippen LogP contribution < -0.4 is 0 Å². The third-order valence-corrected chi connectivity index (χ3v) is 5.43. The molecule has 0 aromatic carbocycles. The van der Waals surface area contributed by atoms with Gasteiger partial charge in [0.1, 0.15) is 0 Å². The average molecular weight is 286 g/mol. The van der Waals surface area contributed by atoms with Crippen LogP contribution in [0.4, 0.5) is 0 Å². The quantitative estimate of drug-likeness (QED) is 0.414. The van der Waals surface area contributed by atoms with Crippen LogP contribution in [0.3, 0.4) is 0 Å². The molecule has 0 aromatic heterocycles. The fourth-order valence-corrected chi connectivity index (χ4v) is 2.69. The van der Waals surface area contributed by atoms with Crippen molar-refractivity contribution in [3.8, 4) is 0 Å². The second-order valence-corrected chi connectivity index (χ2v) is 7.85. The third-order valence-electron chi connectivity index (χ3n) is 1.87. The molecular weight excluding hydrogens is 267 g/mol. The summed E-state index contributed by atoms with van der Waals surface area (Å²) in [6.45, 7) is 6.65. The zero-order valence-corrected chi connectivity index (χ0v) is 11.3. The van der Waals surface area contributed by atoms with Gasteiger partial charge in [0.25, 0.3) is 0 Å². The standard InChI is InChI=1S/C8H19IOSi/c1-4-7(5-2)10-11-8(9)6-3/h7-8H,4-6,11H2,1-3H3. The Kier molecular flexibility index (Phi) is 8.17. The molecule has 1 nitrogen and oxygen atoms in total. The van der Waals surface area contributed by atoms with Crippen LogP contribution in [0.1, 0.15) is 40.0 Å². The molecule has 0 bridgehead atoms. The molecule has 1 atom stereocenters. The Morgan fingerprint density at radius 3 is 2.09 bits per heavy atom. The molecule has 11 heavy (non-hydrogen) atoms. The van der Waals surface area contributed by atoms with E-state index in [1.54, 1.807) is 0 Å². The van der Waals surface area contributed by atoms with E-state index in [4.69, 9.17) is 4.43 Å². The van der Waals surface area contributed by atoms with Crippen LogP contribution in [-0.4, -0.2) is 19.4 Å². The van der Waals surface area contributed by atoms with Crippen molar-refractivity contribution in [2.24, 2.45) is 0 Å². The van der Waals surface area contributed by atoms with Crippen molar-refractivity contribution in [1.82, 2.24) is 0 Å². The molecule has 0 spiro atoms. The molecule has 0 aliphatic carbocycles. The minimum absolute atomic E-state index is 0.247. The summed E-state index contributed by atoms with van der Waals surface area (Å²) in [4.78, 5) is 0. The highest BCUT2D eigenvalue weighted by atomic mass is 127. The van der Waals surface area contributed by atoms with E-state index < -0.39 is 0 Å². The summed E-state index contributed by atoms with van der Waals surface area (Å²) in [5.41, 5.74) is 0. The summed E-state index contributed by atoms with van der Waals surface area (Å²) in [7, 11) is -0.247. The number of hydrogen-bond donors (Lipinski definition) is 0. The highest BCUT2D eigenvalue weighted by molar-refractivity contribution is 14.1. The molecular formula is C8H19IOSi. The van der Waals surface area contributed by atoms with Gasteiger partial charge in [-0.15, -0.1) is 0 Å². The van der Waals surface area contributed by atoms with Gasteiger partial charge in [-0.05, 0) is 19.3 Å². The smallest absolute Gasteiger partial charge is 0.174 e. The van der Waals surface area contributed by atoms with Gasteiger partial charge in [-0.3, -0.25) is 0 Å².